The largest absolute Gasteiger partial charge is 0.332 e. The van der Waals surface area contributed by atoms with Crippen molar-refractivity contribution in [3.8, 4) is 0 Å². The Labute approximate surface area is 181 Å². The van der Waals surface area contributed by atoms with Crippen LogP contribution in [-0.2, 0) is 11.3 Å². The molecule has 1 heterocycles. The second-order valence-corrected chi connectivity index (χ2v) is 8.62. The molecule has 29 heavy (non-hydrogen) atoms. The number of anilines is 1. The molecule has 6 heteroatoms. The van der Waals surface area contributed by atoms with Gasteiger partial charge in [0.15, 0.2) is 0 Å². The molecule has 2 amide bonds. The second kappa shape index (κ2) is 10.0. The van der Waals surface area contributed by atoms with Crippen molar-refractivity contribution in [1.29, 1.82) is 0 Å². The molecule has 2 aromatic carbocycles. The molecule has 1 fully saturated rings. The molecule has 5 nitrogen and oxygen atoms in total. The van der Waals surface area contributed by atoms with Crippen molar-refractivity contribution in [3.63, 3.8) is 0 Å². The van der Waals surface area contributed by atoms with E-state index < -0.39 is 0 Å². The number of nitrogens with one attached hydrogen (secondary N) is 1. The first-order valence-corrected chi connectivity index (χ1v) is 10.8. The highest BCUT2D eigenvalue weighted by Gasteiger charge is 2.16. The maximum Gasteiger partial charge on any atom is 0.254 e. The molecule has 0 unspecified atom stereocenters. The molecule has 1 aliphatic rings. The van der Waals surface area contributed by atoms with Crippen LogP contribution < -0.4 is 5.32 Å². The zero-order valence-electron chi connectivity index (χ0n) is 17.1. The summed E-state index contributed by atoms with van der Waals surface area (Å²) in [6, 6.07) is 13.4. The van der Waals surface area contributed by atoms with Crippen LogP contribution in [0.1, 0.15) is 40.7 Å². The Bertz CT molecular complexity index is 861. The number of likely N-dealkylation sites (N-methyl/N-ethyl adjacent to an activating group) is 1. The number of likely N-dealkylation sites (tertiary alicyclic amines) is 1. The summed E-state index contributed by atoms with van der Waals surface area (Å²) in [5.41, 5.74) is 3.53. The van der Waals surface area contributed by atoms with Gasteiger partial charge in [0.1, 0.15) is 0 Å². The standard InChI is InChI=1S/C23H28BrN3O2/c1-17-14-20(24)10-11-21(17)25-22(28)16-26(2)23(29)19-8-6-18(7-9-19)15-27-12-4-3-5-13-27/h6-11,14H,3-5,12-13,15-16H2,1-2H3,(H,25,28). The highest BCUT2D eigenvalue weighted by atomic mass is 79.9. The van der Waals surface area contributed by atoms with E-state index in [0.29, 0.717) is 5.56 Å². The Hall–Kier alpha value is -2.18. The highest BCUT2D eigenvalue weighted by molar-refractivity contribution is 9.10. The van der Waals surface area contributed by atoms with E-state index in [-0.39, 0.29) is 18.4 Å². The summed E-state index contributed by atoms with van der Waals surface area (Å²) < 4.78 is 0.962. The van der Waals surface area contributed by atoms with Crippen molar-refractivity contribution < 1.29 is 9.59 Å². The first-order valence-electron chi connectivity index (χ1n) is 10.0. The van der Waals surface area contributed by atoms with Gasteiger partial charge < -0.3 is 10.2 Å². The van der Waals surface area contributed by atoms with E-state index >= 15 is 0 Å². The number of rotatable bonds is 6. The molecule has 0 bridgehead atoms. The van der Waals surface area contributed by atoms with Crippen molar-refractivity contribution >= 4 is 33.4 Å². The number of carbonyl (C=O) groups excluding carboxylic acids is 2. The zero-order valence-corrected chi connectivity index (χ0v) is 18.7. The number of aryl methyl sites for hydroxylation is 1. The van der Waals surface area contributed by atoms with Crippen LogP contribution in [0.3, 0.4) is 0 Å². The third-order valence-electron chi connectivity index (χ3n) is 5.25. The fourth-order valence-electron chi connectivity index (χ4n) is 3.59. The molecule has 1 saturated heterocycles. The van der Waals surface area contributed by atoms with E-state index in [1.165, 1.54) is 29.7 Å². The summed E-state index contributed by atoms with van der Waals surface area (Å²) in [5.74, 6) is -0.370. The smallest absolute Gasteiger partial charge is 0.254 e. The van der Waals surface area contributed by atoms with E-state index in [9.17, 15) is 9.59 Å². The Balaban J connectivity index is 1.54. The minimum Gasteiger partial charge on any atom is -0.332 e. The van der Waals surface area contributed by atoms with Gasteiger partial charge in [0.2, 0.25) is 5.91 Å². The summed E-state index contributed by atoms with van der Waals surface area (Å²) >= 11 is 3.41. The molecule has 0 aliphatic carbocycles. The van der Waals surface area contributed by atoms with Crippen molar-refractivity contribution in [2.75, 3.05) is 32.0 Å². The molecule has 0 atom stereocenters. The predicted octanol–water partition coefficient (Wildman–Crippen LogP) is 4.45. The lowest BCUT2D eigenvalue weighted by Gasteiger charge is -2.26. The lowest BCUT2D eigenvalue weighted by atomic mass is 10.1. The van der Waals surface area contributed by atoms with Gasteiger partial charge in [0, 0.05) is 29.3 Å². The molecule has 1 N–H and O–H groups in total. The van der Waals surface area contributed by atoms with Gasteiger partial charge in [-0.05, 0) is 74.3 Å². The van der Waals surface area contributed by atoms with Crippen LogP contribution in [0.5, 0.6) is 0 Å². The number of benzene rings is 2. The average molecular weight is 458 g/mol. The van der Waals surface area contributed by atoms with Gasteiger partial charge in [-0.15, -0.1) is 0 Å². The number of nitrogens with zero attached hydrogens (tertiary/aromatic N) is 2. The van der Waals surface area contributed by atoms with Crippen LogP contribution >= 0.6 is 15.9 Å². The number of carbonyl (C=O) groups is 2. The minimum absolute atomic E-state index is 0.00384. The Morgan fingerprint density at radius 2 is 1.76 bits per heavy atom. The molecule has 3 rings (SSSR count). The van der Waals surface area contributed by atoms with Gasteiger partial charge in [-0.3, -0.25) is 14.5 Å². The van der Waals surface area contributed by atoms with Gasteiger partial charge in [-0.1, -0.05) is 34.5 Å². The number of halogens is 1. The number of piperidine rings is 1. The SMILES string of the molecule is Cc1cc(Br)ccc1NC(=O)CN(C)C(=O)c1ccc(CN2CCCCC2)cc1. The van der Waals surface area contributed by atoms with E-state index in [0.717, 1.165) is 35.4 Å². The Morgan fingerprint density at radius 1 is 1.07 bits per heavy atom. The molecular formula is C23H28BrN3O2. The maximum atomic E-state index is 12.7. The lowest BCUT2D eigenvalue weighted by molar-refractivity contribution is -0.116. The van der Waals surface area contributed by atoms with Crippen LogP contribution in [0.25, 0.3) is 0 Å². The van der Waals surface area contributed by atoms with E-state index in [2.05, 4.69) is 26.1 Å². The van der Waals surface area contributed by atoms with E-state index in [1.807, 2.05) is 49.4 Å². The van der Waals surface area contributed by atoms with Gasteiger partial charge in [0.25, 0.3) is 5.91 Å². The van der Waals surface area contributed by atoms with E-state index in [4.69, 9.17) is 0 Å². The molecule has 0 spiro atoms. The van der Waals surface area contributed by atoms with Gasteiger partial charge in [0.05, 0.1) is 6.54 Å². The highest BCUT2D eigenvalue weighted by Crippen LogP contribution is 2.20. The Kier molecular flexibility index (Phi) is 7.45. The summed E-state index contributed by atoms with van der Waals surface area (Å²) in [7, 11) is 1.65. The zero-order chi connectivity index (χ0) is 20.8. The molecule has 0 aromatic heterocycles. The summed E-state index contributed by atoms with van der Waals surface area (Å²) in [6.07, 6.45) is 3.86. The summed E-state index contributed by atoms with van der Waals surface area (Å²) in [5, 5.41) is 2.87. The van der Waals surface area contributed by atoms with Gasteiger partial charge in [-0.25, -0.2) is 0 Å². The minimum atomic E-state index is -0.215. The first kappa shape index (κ1) is 21.5. The third kappa shape index (κ3) is 6.15. The van der Waals surface area contributed by atoms with Crippen LogP contribution in [0.2, 0.25) is 0 Å². The lowest BCUT2D eigenvalue weighted by Crippen LogP contribution is -2.35. The topological polar surface area (TPSA) is 52.7 Å². The monoisotopic (exact) mass is 457 g/mol. The average Bonchev–Trinajstić information content (AvgIpc) is 2.71. The van der Waals surface area contributed by atoms with Crippen LogP contribution in [0, 0.1) is 6.92 Å². The van der Waals surface area contributed by atoms with E-state index in [1.54, 1.807) is 7.05 Å². The van der Waals surface area contributed by atoms with Crippen molar-refractivity contribution in [1.82, 2.24) is 9.80 Å². The van der Waals surface area contributed by atoms with Crippen molar-refractivity contribution in [2.24, 2.45) is 0 Å². The summed E-state index contributed by atoms with van der Waals surface area (Å²) in [6.45, 7) is 5.16. The van der Waals surface area contributed by atoms with Gasteiger partial charge in [-0.2, -0.15) is 0 Å². The number of hydrogen-bond acceptors (Lipinski definition) is 3. The fraction of sp³-hybridized carbons (Fsp3) is 0.391. The van der Waals surface area contributed by atoms with Crippen LogP contribution in [-0.4, -0.2) is 48.3 Å². The maximum absolute atomic E-state index is 12.7. The molecule has 0 saturated carbocycles. The molecule has 1 aliphatic heterocycles. The first-order chi connectivity index (χ1) is 13.9. The normalized spacial score (nSPS) is 14.4. The van der Waals surface area contributed by atoms with Crippen LogP contribution in [0.15, 0.2) is 46.9 Å². The molecular weight excluding hydrogens is 430 g/mol. The predicted molar refractivity (Wildman–Crippen MR) is 120 cm³/mol. The van der Waals surface area contributed by atoms with Crippen molar-refractivity contribution in [3.05, 3.63) is 63.6 Å². The summed E-state index contributed by atoms with van der Waals surface area (Å²) in [4.78, 5) is 28.9. The quantitative estimate of drug-likeness (QED) is 0.696. The molecule has 2 aromatic rings. The number of hydrogen-bond donors (Lipinski definition) is 1. The van der Waals surface area contributed by atoms with Crippen molar-refractivity contribution in [2.45, 2.75) is 32.7 Å². The second-order valence-electron chi connectivity index (χ2n) is 7.70. The third-order valence-corrected chi connectivity index (χ3v) is 5.74. The van der Waals surface area contributed by atoms with Crippen LogP contribution in [0.4, 0.5) is 5.69 Å². The number of amides is 2. The Morgan fingerprint density at radius 3 is 2.41 bits per heavy atom. The van der Waals surface area contributed by atoms with Gasteiger partial charge >= 0.3 is 0 Å². The molecule has 0 radical (unpaired) electrons. The fourth-order valence-corrected chi connectivity index (χ4v) is 4.07. The molecule has 154 valence electrons.